The smallest absolute Gasteiger partial charge is 0.158 e. The van der Waals surface area contributed by atoms with Crippen LogP contribution in [0.25, 0.3) is 0 Å². The molecule has 0 aliphatic rings. The van der Waals surface area contributed by atoms with E-state index in [0.717, 1.165) is 25.9 Å². The molecule has 0 spiro atoms. The van der Waals surface area contributed by atoms with Gasteiger partial charge in [0.1, 0.15) is 0 Å². The maximum atomic E-state index is 8.75. The largest absolute Gasteiger partial charge is 0.396 e. The number of ether oxygens (including phenoxy) is 2. The molecule has 0 aliphatic carbocycles. The molecular weight excluding hydrogens is 206 g/mol. The molecule has 0 bridgehead atoms. The third-order valence-corrected chi connectivity index (χ3v) is 2.38. The van der Waals surface area contributed by atoms with Crippen molar-refractivity contribution in [1.29, 1.82) is 0 Å². The maximum Gasteiger partial charge on any atom is 0.158 e. The van der Waals surface area contributed by atoms with Gasteiger partial charge in [-0.2, -0.15) is 0 Å². The molecule has 0 aliphatic heterocycles. The summed E-state index contributed by atoms with van der Waals surface area (Å²) in [7, 11) is 0. The molecule has 0 aromatic carbocycles. The van der Waals surface area contributed by atoms with Gasteiger partial charge in [0.05, 0.1) is 0 Å². The zero-order valence-corrected chi connectivity index (χ0v) is 10.9. The highest BCUT2D eigenvalue weighted by Crippen LogP contribution is 2.01. The molecule has 0 amide bonds. The SMILES string of the molecule is CCOC(CCNCC(C)CCO)OCC. The Labute approximate surface area is 99.3 Å². The normalized spacial score (nSPS) is 13.3. The predicted octanol–water partition coefficient (Wildman–Crippen LogP) is 1.38. The van der Waals surface area contributed by atoms with Crippen LogP contribution in [0.15, 0.2) is 0 Å². The zero-order chi connectivity index (χ0) is 12.2. The average Bonchev–Trinajstić information content (AvgIpc) is 2.25. The van der Waals surface area contributed by atoms with Gasteiger partial charge in [-0.05, 0) is 39.3 Å². The van der Waals surface area contributed by atoms with E-state index in [1.807, 2.05) is 13.8 Å². The monoisotopic (exact) mass is 233 g/mol. The van der Waals surface area contributed by atoms with E-state index in [4.69, 9.17) is 14.6 Å². The van der Waals surface area contributed by atoms with E-state index in [9.17, 15) is 0 Å². The van der Waals surface area contributed by atoms with Crippen LogP contribution in [-0.4, -0.2) is 44.3 Å². The van der Waals surface area contributed by atoms with Crippen molar-refractivity contribution in [3.63, 3.8) is 0 Å². The van der Waals surface area contributed by atoms with Crippen molar-refractivity contribution in [2.75, 3.05) is 32.9 Å². The maximum absolute atomic E-state index is 8.75. The lowest BCUT2D eigenvalue weighted by molar-refractivity contribution is -0.138. The third-order valence-electron chi connectivity index (χ3n) is 2.38. The second-order valence-corrected chi connectivity index (χ2v) is 3.95. The van der Waals surface area contributed by atoms with Gasteiger partial charge >= 0.3 is 0 Å². The molecule has 2 N–H and O–H groups in total. The summed E-state index contributed by atoms with van der Waals surface area (Å²) in [6.45, 7) is 9.55. The first-order chi connectivity index (χ1) is 7.74. The minimum atomic E-state index is -0.0874. The molecule has 0 radical (unpaired) electrons. The highest BCUT2D eigenvalue weighted by Gasteiger charge is 2.07. The average molecular weight is 233 g/mol. The van der Waals surface area contributed by atoms with Crippen molar-refractivity contribution in [2.45, 2.75) is 39.9 Å². The highest BCUT2D eigenvalue weighted by molar-refractivity contribution is 4.57. The van der Waals surface area contributed by atoms with E-state index in [0.29, 0.717) is 19.1 Å². The minimum Gasteiger partial charge on any atom is -0.396 e. The van der Waals surface area contributed by atoms with Crippen LogP contribution in [0.3, 0.4) is 0 Å². The Morgan fingerprint density at radius 1 is 1.12 bits per heavy atom. The van der Waals surface area contributed by atoms with E-state index in [1.54, 1.807) is 0 Å². The molecule has 16 heavy (non-hydrogen) atoms. The number of aliphatic hydroxyl groups excluding tert-OH is 1. The Morgan fingerprint density at radius 2 is 1.75 bits per heavy atom. The molecule has 0 rings (SSSR count). The molecule has 4 heteroatoms. The summed E-state index contributed by atoms with van der Waals surface area (Å²) < 4.78 is 10.9. The van der Waals surface area contributed by atoms with Crippen molar-refractivity contribution >= 4 is 0 Å². The Balaban J connectivity index is 3.45. The first-order valence-corrected chi connectivity index (χ1v) is 6.29. The summed E-state index contributed by atoms with van der Waals surface area (Å²) in [5.41, 5.74) is 0. The van der Waals surface area contributed by atoms with Crippen LogP contribution in [0.5, 0.6) is 0 Å². The second kappa shape index (κ2) is 11.3. The van der Waals surface area contributed by atoms with Crippen LogP contribution in [0.2, 0.25) is 0 Å². The van der Waals surface area contributed by atoms with Gasteiger partial charge in [-0.25, -0.2) is 0 Å². The van der Waals surface area contributed by atoms with Crippen molar-refractivity contribution in [2.24, 2.45) is 5.92 Å². The molecular formula is C12H27NO3. The zero-order valence-electron chi connectivity index (χ0n) is 10.9. The van der Waals surface area contributed by atoms with Gasteiger partial charge in [-0.15, -0.1) is 0 Å². The van der Waals surface area contributed by atoms with Gasteiger partial charge in [0.2, 0.25) is 0 Å². The van der Waals surface area contributed by atoms with Gasteiger partial charge in [-0.1, -0.05) is 6.92 Å². The summed E-state index contributed by atoms with van der Waals surface area (Å²) in [4.78, 5) is 0. The lowest BCUT2D eigenvalue weighted by Crippen LogP contribution is -2.28. The van der Waals surface area contributed by atoms with Crippen LogP contribution in [0, 0.1) is 5.92 Å². The summed E-state index contributed by atoms with van der Waals surface area (Å²) in [6, 6.07) is 0. The minimum absolute atomic E-state index is 0.0874. The molecule has 1 unspecified atom stereocenters. The number of nitrogens with one attached hydrogen (secondary N) is 1. The first kappa shape index (κ1) is 15.8. The number of hydrogen-bond donors (Lipinski definition) is 2. The van der Waals surface area contributed by atoms with Crippen LogP contribution >= 0.6 is 0 Å². The topological polar surface area (TPSA) is 50.7 Å². The quantitative estimate of drug-likeness (QED) is 0.418. The van der Waals surface area contributed by atoms with E-state index < -0.39 is 0 Å². The van der Waals surface area contributed by atoms with Crippen LogP contribution in [0.4, 0.5) is 0 Å². The van der Waals surface area contributed by atoms with Gasteiger partial charge in [0, 0.05) is 26.2 Å². The number of rotatable bonds is 11. The Morgan fingerprint density at radius 3 is 2.25 bits per heavy atom. The molecule has 0 fully saturated rings. The van der Waals surface area contributed by atoms with Crippen molar-refractivity contribution in [1.82, 2.24) is 5.32 Å². The van der Waals surface area contributed by atoms with E-state index in [1.165, 1.54) is 0 Å². The van der Waals surface area contributed by atoms with Gasteiger partial charge in [-0.3, -0.25) is 0 Å². The Kier molecular flexibility index (Phi) is 11.2. The highest BCUT2D eigenvalue weighted by atomic mass is 16.7. The lowest BCUT2D eigenvalue weighted by Gasteiger charge is -2.17. The Hall–Kier alpha value is -0.160. The van der Waals surface area contributed by atoms with Crippen molar-refractivity contribution in [3.8, 4) is 0 Å². The van der Waals surface area contributed by atoms with Gasteiger partial charge in [0.25, 0.3) is 0 Å². The molecule has 0 aromatic rings. The fourth-order valence-corrected chi connectivity index (χ4v) is 1.48. The number of hydrogen-bond acceptors (Lipinski definition) is 4. The summed E-state index contributed by atoms with van der Waals surface area (Å²) in [6.07, 6.45) is 1.64. The first-order valence-electron chi connectivity index (χ1n) is 6.29. The van der Waals surface area contributed by atoms with E-state index in [2.05, 4.69) is 12.2 Å². The van der Waals surface area contributed by atoms with Crippen LogP contribution in [0.1, 0.15) is 33.6 Å². The summed E-state index contributed by atoms with van der Waals surface area (Å²) in [5, 5.41) is 12.1. The fraction of sp³-hybridized carbons (Fsp3) is 1.00. The molecule has 1 atom stereocenters. The molecule has 98 valence electrons. The van der Waals surface area contributed by atoms with Crippen molar-refractivity contribution in [3.05, 3.63) is 0 Å². The van der Waals surface area contributed by atoms with Gasteiger partial charge in [0.15, 0.2) is 6.29 Å². The second-order valence-electron chi connectivity index (χ2n) is 3.95. The Bertz CT molecular complexity index is 138. The molecule has 0 saturated heterocycles. The lowest BCUT2D eigenvalue weighted by atomic mass is 10.1. The molecule has 4 nitrogen and oxygen atoms in total. The summed E-state index contributed by atoms with van der Waals surface area (Å²) >= 11 is 0. The molecule has 0 saturated carbocycles. The summed E-state index contributed by atoms with van der Waals surface area (Å²) in [5.74, 6) is 0.516. The van der Waals surface area contributed by atoms with E-state index >= 15 is 0 Å². The van der Waals surface area contributed by atoms with Crippen molar-refractivity contribution < 1.29 is 14.6 Å². The van der Waals surface area contributed by atoms with Gasteiger partial charge < -0.3 is 19.9 Å². The van der Waals surface area contributed by atoms with E-state index in [-0.39, 0.29) is 12.9 Å². The van der Waals surface area contributed by atoms with Crippen LogP contribution in [-0.2, 0) is 9.47 Å². The fourth-order valence-electron chi connectivity index (χ4n) is 1.48. The molecule has 0 aromatic heterocycles. The third kappa shape index (κ3) is 9.09. The standard InChI is InChI=1S/C12H27NO3/c1-4-15-12(16-5-2)6-8-13-10-11(3)7-9-14/h11-14H,4-10H2,1-3H3. The predicted molar refractivity (Wildman–Crippen MR) is 65.4 cm³/mol. The molecule has 0 heterocycles. The van der Waals surface area contributed by atoms with Crippen LogP contribution < -0.4 is 5.32 Å². The number of aliphatic hydroxyl groups is 1.